The normalized spacial score (nSPS) is 18.8. The molecule has 78 valence electrons. The van der Waals surface area contributed by atoms with Crippen molar-refractivity contribution in [1.82, 2.24) is 0 Å². The van der Waals surface area contributed by atoms with Crippen molar-refractivity contribution >= 4 is 22.6 Å². The molecule has 2 aromatic carbocycles. The zero-order valence-electron chi connectivity index (χ0n) is 9.10. The van der Waals surface area contributed by atoms with Crippen LogP contribution >= 0.6 is 0 Å². The first-order valence-corrected chi connectivity index (χ1v) is 5.50. The van der Waals surface area contributed by atoms with Gasteiger partial charge in [-0.2, -0.15) is 0 Å². The molecular weight excluding hydrogens is 196 g/mol. The summed E-state index contributed by atoms with van der Waals surface area (Å²) in [5.41, 5.74) is 2.32. The Kier molecular flexibility index (Phi) is 1.93. The summed E-state index contributed by atoms with van der Waals surface area (Å²) in [5.74, 6) is 0.187. The molecule has 0 spiro atoms. The summed E-state index contributed by atoms with van der Waals surface area (Å²) < 4.78 is 0. The van der Waals surface area contributed by atoms with Gasteiger partial charge in [0.1, 0.15) is 0 Å². The van der Waals surface area contributed by atoms with Crippen molar-refractivity contribution in [2.75, 3.05) is 0 Å². The van der Waals surface area contributed by atoms with Crippen molar-refractivity contribution in [3.63, 3.8) is 0 Å². The summed E-state index contributed by atoms with van der Waals surface area (Å²) in [6.07, 6.45) is 3.60. The molecule has 1 unspecified atom stereocenters. The highest BCUT2D eigenvalue weighted by Crippen LogP contribution is 2.30. The highest BCUT2D eigenvalue weighted by Gasteiger charge is 2.19. The maximum atomic E-state index is 11.6. The molecule has 0 aliphatic heterocycles. The number of allylic oxidation sites excluding steroid dienone is 1. The van der Waals surface area contributed by atoms with E-state index < -0.39 is 0 Å². The van der Waals surface area contributed by atoms with Gasteiger partial charge >= 0.3 is 0 Å². The van der Waals surface area contributed by atoms with E-state index in [0.717, 1.165) is 5.56 Å². The van der Waals surface area contributed by atoms with Gasteiger partial charge in [-0.1, -0.05) is 37.3 Å². The highest BCUT2D eigenvalue weighted by molar-refractivity contribution is 6.03. The summed E-state index contributed by atoms with van der Waals surface area (Å²) in [5, 5.41) is 2.43. The molecule has 0 aromatic heterocycles. The molecule has 2 aromatic rings. The minimum atomic E-state index is -0.00962. The van der Waals surface area contributed by atoms with Crippen LogP contribution in [0.25, 0.3) is 16.8 Å². The standard InChI is InChI=1S/C15H12O/c1-10-14-9-12-5-3-2-4-11(12)8-13(14)6-7-15(10)16/h2-10H,1H3. The van der Waals surface area contributed by atoms with E-state index in [4.69, 9.17) is 0 Å². The first-order chi connectivity index (χ1) is 7.75. The van der Waals surface area contributed by atoms with Crippen molar-refractivity contribution in [2.24, 2.45) is 0 Å². The topological polar surface area (TPSA) is 17.1 Å². The van der Waals surface area contributed by atoms with Gasteiger partial charge in [-0.3, -0.25) is 4.79 Å². The van der Waals surface area contributed by atoms with Crippen LogP contribution in [-0.2, 0) is 4.79 Å². The van der Waals surface area contributed by atoms with Crippen LogP contribution in [0.3, 0.4) is 0 Å². The molecule has 0 bridgehead atoms. The monoisotopic (exact) mass is 208 g/mol. The smallest absolute Gasteiger partial charge is 0.162 e. The third-order valence-electron chi connectivity index (χ3n) is 3.27. The minimum absolute atomic E-state index is 0.00962. The Morgan fingerprint density at radius 2 is 1.69 bits per heavy atom. The molecule has 1 heteroatoms. The number of rotatable bonds is 0. The van der Waals surface area contributed by atoms with E-state index in [1.165, 1.54) is 16.3 Å². The lowest BCUT2D eigenvalue weighted by Gasteiger charge is -2.17. The van der Waals surface area contributed by atoms with Crippen LogP contribution in [0.1, 0.15) is 24.0 Å². The predicted molar refractivity (Wildman–Crippen MR) is 66.4 cm³/mol. The van der Waals surface area contributed by atoms with E-state index in [1.807, 2.05) is 25.1 Å². The Hall–Kier alpha value is -1.89. The van der Waals surface area contributed by atoms with Crippen LogP contribution in [0, 0.1) is 0 Å². The van der Waals surface area contributed by atoms with Crippen LogP contribution in [0.15, 0.2) is 42.5 Å². The van der Waals surface area contributed by atoms with Crippen molar-refractivity contribution in [3.8, 4) is 0 Å². The van der Waals surface area contributed by atoms with E-state index in [0.29, 0.717) is 0 Å². The number of carbonyl (C=O) groups is 1. The molecule has 1 aliphatic carbocycles. The van der Waals surface area contributed by atoms with Gasteiger partial charge in [0.05, 0.1) is 0 Å². The van der Waals surface area contributed by atoms with Crippen molar-refractivity contribution in [1.29, 1.82) is 0 Å². The minimum Gasteiger partial charge on any atom is -0.294 e. The van der Waals surface area contributed by atoms with Crippen LogP contribution in [0.5, 0.6) is 0 Å². The molecule has 0 amide bonds. The quantitative estimate of drug-likeness (QED) is 0.647. The van der Waals surface area contributed by atoms with Crippen molar-refractivity contribution in [2.45, 2.75) is 12.8 Å². The first-order valence-electron chi connectivity index (χ1n) is 5.50. The molecule has 3 rings (SSSR count). The van der Waals surface area contributed by atoms with Crippen molar-refractivity contribution < 1.29 is 4.79 Å². The van der Waals surface area contributed by atoms with E-state index >= 15 is 0 Å². The molecule has 16 heavy (non-hydrogen) atoms. The second kappa shape index (κ2) is 3.31. The summed E-state index contributed by atoms with van der Waals surface area (Å²) in [6, 6.07) is 12.5. The first kappa shape index (κ1) is 9.34. The molecule has 0 fully saturated rings. The third kappa shape index (κ3) is 1.28. The predicted octanol–water partition coefficient (Wildman–Crippen LogP) is 3.54. The van der Waals surface area contributed by atoms with E-state index in [-0.39, 0.29) is 11.7 Å². The van der Waals surface area contributed by atoms with Gasteiger partial charge in [-0.25, -0.2) is 0 Å². The largest absolute Gasteiger partial charge is 0.294 e. The van der Waals surface area contributed by atoms with E-state index in [9.17, 15) is 4.79 Å². The lowest BCUT2D eigenvalue weighted by molar-refractivity contribution is -0.115. The fourth-order valence-electron chi connectivity index (χ4n) is 2.26. The van der Waals surface area contributed by atoms with Gasteiger partial charge in [0, 0.05) is 5.92 Å². The van der Waals surface area contributed by atoms with E-state index in [2.05, 4.69) is 24.3 Å². The highest BCUT2D eigenvalue weighted by atomic mass is 16.1. The second-order valence-corrected chi connectivity index (χ2v) is 4.29. The Bertz CT molecular complexity index is 608. The Morgan fingerprint density at radius 1 is 1.00 bits per heavy atom. The van der Waals surface area contributed by atoms with Crippen LogP contribution in [0.4, 0.5) is 0 Å². The Labute approximate surface area is 94.4 Å². The van der Waals surface area contributed by atoms with Gasteiger partial charge in [-0.15, -0.1) is 0 Å². The lowest BCUT2D eigenvalue weighted by Crippen LogP contribution is -2.11. The Morgan fingerprint density at radius 3 is 2.44 bits per heavy atom. The molecule has 1 nitrogen and oxygen atoms in total. The maximum absolute atomic E-state index is 11.6. The van der Waals surface area contributed by atoms with Gasteiger partial charge in [-0.05, 0) is 40.1 Å². The van der Waals surface area contributed by atoms with Crippen molar-refractivity contribution in [3.05, 3.63) is 53.6 Å². The molecule has 0 saturated carbocycles. The SMILES string of the molecule is CC1C(=O)C=Cc2cc3ccccc3cc21. The number of ketones is 1. The summed E-state index contributed by atoms with van der Waals surface area (Å²) in [7, 11) is 0. The van der Waals surface area contributed by atoms with Gasteiger partial charge in [0.2, 0.25) is 0 Å². The molecule has 1 atom stereocenters. The molecule has 0 N–H and O–H groups in total. The van der Waals surface area contributed by atoms with Crippen LogP contribution < -0.4 is 0 Å². The molecular formula is C15H12O. The zero-order chi connectivity index (χ0) is 11.1. The number of fused-ring (bicyclic) bond motifs is 2. The summed E-state index contributed by atoms with van der Waals surface area (Å²) in [4.78, 5) is 11.6. The summed E-state index contributed by atoms with van der Waals surface area (Å²) >= 11 is 0. The number of hydrogen-bond acceptors (Lipinski definition) is 1. The van der Waals surface area contributed by atoms with Gasteiger partial charge in [0.15, 0.2) is 5.78 Å². The second-order valence-electron chi connectivity index (χ2n) is 4.29. The van der Waals surface area contributed by atoms with Gasteiger partial charge < -0.3 is 0 Å². The van der Waals surface area contributed by atoms with Gasteiger partial charge in [0.25, 0.3) is 0 Å². The number of benzene rings is 2. The average molecular weight is 208 g/mol. The van der Waals surface area contributed by atoms with E-state index in [1.54, 1.807) is 6.08 Å². The number of hydrogen-bond donors (Lipinski definition) is 0. The Balaban J connectivity index is 2.33. The fourth-order valence-corrected chi connectivity index (χ4v) is 2.26. The lowest BCUT2D eigenvalue weighted by atomic mass is 9.86. The number of carbonyl (C=O) groups excluding carboxylic acids is 1. The average Bonchev–Trinajstić information content (AvgIpc) is 2.32. The zero-order valence-corrected chi connectivity index (χ0v) is 9.10. The molecule has 0 radical (unpaired) electrons. The third-order valence-corrected chi connectivity index (χ3v) is 3.27. The molecule has 0 heterocycles. The van der Waals surface area contributed by atoms with Crippen LogP contribution in [0.2, 0.25) is 0 Å². The summed E-state index contributed by atoms with van der Waals surface area (Å²) in [6.45, 7) is 1.97. The molecule has 0 saturated heterocycles. The molecule has 1 aliphatic rings. The maximum Gasteiger partial charge on any atom is 0.162 e. The van der Waals surface area contributed by atoms with Crippen LogP contribution in [-0.4, -0.2) is 5.78 Å². The fraction of sp³-hybridized carbons (Fsp3) is 0.133.